The van der Waals surface area contributed by atoms with Crippen LogP contribution in [0.2, 0.25) is 0 Å². The Balaban J connectivity index is 1.27. The number of benzene rings is 2. The van der Waals surface area contributed by atoms with Gasteiger partial charge in [-0.25, -0.2) is 9.78 Å². The van der Waals surface area contributed by atoms with Gasteiger partial charge in [-0.15, -0.1) is 0 Å². The molecule has 1 saturated carbocycles. The number of ether oxygens (including phenoxy) is 3. The van der Waals surface area contributed by atoms with E-state index in [2.05, 4.69) is 62.4 Å². The van der Waals surface area contributed by atoms with Crippen molar-refractivity contribution in [3.05, 3.63) is 60.2 Å². The monoisotopic (exact) mass is 450 g/mol. The topological polar surface area (TPSA) is 46.2 Å². The molecule has 2 bridgehead atoms. The van der Waals surface area contributed by atoms with Crippen molar-refractivity contribution in [3.63, 3.8) is 0 Å². The highest BCUT2D eigenvalue weighted by atomic mass is 17.3. The van der Waals surface area contributed by atoms with Crippen LogP contribution in [-0.4, -0.2) is 24.0 Å². The zero-order valence-electron chi connectivity index (χ0n) is 19.7. The molecule has 33 heavy (non-hydrogen) atoms. The van der Waals surface area contributed by atoms with Crippen LogP contribution in [-0.2, 0) is 30.6 Å². The Bertz CT molecular complexity index is 995. The Labute approximate surface area is 196 Å². The molecule has 1 aliphatic carbocycles. The molecule has 176 valence electrons. The molecule has 8 atom stereocenters. The molecule has 5 nitrogen and oxygen atoms in total. The molecule has 4 heterocycles. The smallest absolute Gasteiger partial charge is 0.201 e. The largest absolute Gasteiger partial charge is 0.348 e. The van der Waals surface area contributed by atoms with E-state index in [1.165, 1.54) is 17.5 Å². The van der Waals surface area contributed by atoms with Gasteiger partial charge < -0.3 is 14.2 Å². The molecular formula is C28H34O5. The molecule has 0 amide bonds. The third-order valence-electron chi connectivity index (χ3n) is 8.60. The first-order chi connectivity index (χ1) is 16.0. The Morgan fingerprint density at radius 1 is 0.909 bits per heavy atom. The van der Waals surface area contributed by atoms with E-state index in [0.29, 0.717) is 18.4 Å². The van der Waals surface area contributed by atoms with Crippen molar-refractivity contribution in [2.24, 2.45) is 23.7 Å². The van der Waals surface area contributed by atoms with Crippen LogP contribution < -0.4 is 0 Å². The van der Waals surface area contributed by atoms with E-state index in [0.717, 1.165) is 24.8 Å². The second-order valence-corrected chi connectivity index (χ2v) is 10.6. The van der Waals surface area contributed by atoms with Gasteiger partial charge in [0.05, 0.1) is 6.61 Å². The van der Waals surface area contributed by atoms with E-state index in [-0.39, 0.29) is 18.1 Å². The van der Waals surface area contributed by atoms with E-state index in [9.17, 15) is 0 Å². The summed E-state index contributed by atoms with van der Waals surface area (Å²) in [6.07, 6.45) is 3.30. The molecule has 1 spiro atoms. The summed E-state index contributed by atoms with van der Waals surface area (Å²) >= 11 is 0. The predicted molar refractivity (Wildman–Crippen MR) is 123 cm³/mol. The summed E-state index contributed by atoms with van der Waals surface area (Å²) in [7, 11) is 0. The lowest BCUT2D eigenvalue weighted by Crippen LogP contribution is -2.70. The fourth-order valence-electron chi connectivity index (χ4n) is 6.78. The molecule has 4 saturated heterocycles. The summed E-state index contributed by atoms with van der Waals surface area (Å²) in [5.41, 5.74) is 3.00. The van der Waals surface area contributed by atoms with Gasteiger partial charge in [-0.3, -0.25) is 0 Å². The van der Waals surface area contributed by atoms with Crippen molar-refractivity contribution < 1.29 is 24.0 Å². The van der Waals surface area contributed by atoms with Crippen molar-refractivity contribution in [1.82, 2.24) is 0 Å². The third-order valence-corrected chi connectivity index (χ3v) is 8.60. The zero-order valence-corrected chi connectivity index (χ0v) is 19.7. The Morgan fingerprint density at radius 3 is 2.55 bits per heavy atom. The SMILES string of the molecule is C[C@H]1[C@@H](OCc2ccccc2-c2ccccc2)O[C@@H]2O[C@@]3(C)CC[C@H]4[C@H](C)CC[C@@H]1[C@@]24OO3. The maximum atomic E-state index is 6.58. The molecule has 4 aliphatic heterocycles. The van der Waals surface area contributed by atoms with Crippen LogP contribution in [0.1, 0.15) is 52.0 Å². The van der Waals surface area contributed by atoms with Crippen LogP contribution in [0.3, 0.4) is 0 Å². The van der Waals surface area contributed by atoms with E-state index in [4.69, 9.17) is 24.0 Å². The van der Waals surface area contributed by atoms with Gasteiger partial charge in [0.2, 0.25) is 5.79 Å². The van der Waals surface area contributed by atoms with Gasteiger partial charge in [0.15, 0.2) is 18.2 Å². The van der Waals surface area contributed by atoms with Gasteiger partial charge in [-0.1, -0.05) is 68.4 Å². The lowest BCUT2D eigenvalue weighted by molar-refractivity contribution is -0.577. The minimum atomic E-state index is -0.761. The van der Waals surface area contributed by atoms with Crippen molar-refractivity contribution in [2.75, 3.05) is 0 Å². The summed E-state index contributed by atoms with van der Waals surface area (Å²) in [4.78, 5) is 12.2. The first kappa shape index (κ1) is 21.8. The Morgan fingerprint density at radius 2 is 1.70 bits per heavy atom. The molecule has 0 radical (unpaired) electrons. The maximum Gasteiger partial charge on any atom is 0.201 e. The van der Waals surface area contributed by atoms with Crippen molar-refractivity contribution in [1.29, 1.82) is 0 Å². The minimum Gasteiger partial charge on any atom is -0.348 e. The maximum absolute atomic E-state index is 6.58. The van der Waals surface area contributed by atoms with E-state index in [1.54, 1.807) is 0 Å². The van der Waals surface area contributed by atoms with Crippen LogP contribution in [0.5, 0.6) is 0 Å². The van der Waals surface area contributed by atoms with Crippen LogP contribution in [0, 0.1) is 23.7 Å². The molecular weight excluding hydrogens is 416 g/mol. The van der Waals surface area contributed by atoms with Crippen LogP contribution in [0.15, 0.2) is 54.6 Å². The first-order valence-electron chi connectivity index (χ1n) is 12.5. The third kappa shape index (κ3) is 3.48. The van der Waals surface area contributed by atoms with Crippen molar-refractivity contribution in [3.8, 4) is 11.1 Å². The van der Waals surface area contributed by atoms with Crippen LogP contribution >= 0.6 is 0 Å². The van der Waals surface area contributed by atoms with Gasteiger partial charge in [-0.2, -0.15) is 0 Å². The number of hydrogen-bond acceptors (Lipinski definition) is 5. The fourth-order valence-corrected chi connectivity index (χ4v) is 6.78. The average Bonchev–Trinajstić information content (AvgIpc) is 3.07. The van der Waals surface area contributed by atoms with E-state index >= 15 is 0 Å². The number of fused-ring (bicyclic) bond motifs is 2. The highest BCUT2D eigenvalue weighted by molar-refractivity contribution is 5.67. The summed E-state index contributed by atoms with van der Waals surface area (Å²) < 4.78 is 19.5. The van der Waals surface area contributed by atoms with Crippen LogP contribution in [0.25, 0.3) is 11.1 Å². The molecule has 2 aromatic carbocycles. The molecule has 5 heteroatoms. The lowest BCUT2D eigenvalue weighted by Gasteiger charge is -2.60. The van der Waals surface area contributed by atoms with Crippen molar-refractivity contribution >= 4 is 0 Å². The lowest BCUT2D eigenvalue weighted by atomic mass is 9.58. The fraction of sp³-hybridized carbons (Fsp3) is 0.571. The molecule has 7 rings (SSSR count). The molecule has 0 N–H and O–H groups in total. The molecule has 5 fully saturated rings. The predicted octanol–water partition coefficient (Wildman–Crippen LogP) is 6.08. The summed E-state index contributed by atoms with van der Waals surface area (Å²) in [5, 5.41) is 0. The minimum absolute atomic E-state index is 0.176. The molecule has 5 aliphatic rings. The molecule has 0 aromatic heterocycles. The molecule has 2 aromatic rings. The summed E-state index contributed by atoms with van der Waals surface area (Å²) in [5.74, 6) is 0.613. The van der Waals surface area contributed by atoms with Crippen molar-refractivity contribution in [2.45, 2.75) is 77.0 Å². The zero-order chi connectivity index (χ0) is 22.6. The van der Waals surface area contributed by atoms with E-state index in [1.807, 2.05) is 13.0 Å². The van der Waals surface area contributed by atoms with Gasteiger partial charge in [0.25, 0.3) is 0 Å². The standard InChI is InChI=1S/C28H34O5/c1-18-13-14-24-19(2)25(30-26-28(24)23(18)15-16-27(3,31-26)32-33-28)29-17-21-11-7-8-12-22(21)20-9-5-4-6-10-20/h4-12,18-19,23-26H,13-17H2,1-3H3/t18-,19-,23+,24+,25+,26-,27-,28-/m1/s1. The van der Waals surface area contributed by atoms with Gasteiger partial charge in [0, 0.05) is 18.3 Å². The number of hydrogen-bond donors (Lipinski definition) is 0. The summed E-state index contributed by atoms with van der Waals surface area (Å²) in [6, 6.07) is 18.9. The van der Waals surface area contributed by atoms with Crippen LogP contribution in [0.4, 0.5) is 0 Å². The highest BCUT2D eigenvalue weighted by Crippen LogP contribution is 2.60. The second kappa shape index (κ2) is 8.17. The van der Waals surface area contributed by atoms with Gasteiger partial charge in [-0.05, 0) is 54.7 Å². The Kier molecular flexibility index (Phi) is 5.39. The number of rotatable bonds is 4. The van der Waals surface area contributed by atoms with Gasteiger partial charge in [0.1, 0.15) is 0 Å². The quantitative estimate of drug-likeness (QED) is 0.529. The second-order valence-electron chi connectivity index (χ2n) is 10.6. The summed E-state index contributed by atoms with van der Waals surface area (Å²) in [6.45, 7) is 7.02. The normalized spacial score (nSPS) is 41.9. The first-order valence-corrected chi connectivity index (χ1v) is 12.5. The highest BCUT2D eigenvalue weighted by Gasteiger charge is 2.69. The average molecular weight is 451 g/mol. The Hall–Kier alpha value is -1.76. The van der Waals surface area contributed by atoms with Gasteiger partial charge >= 0.3 is 0 Å². The van der Waals surface area contributed by atoms with E-state index < -0.39 is 17.7 Å². The molecule has 0 unspecified atom stereocenters.